The van der Waals surface area contributed by atoms with E-state index in [-0.39, 0.29) is 5.91 Å². The Morgan fingerprint density at radius 1 is 0.917 bits per heavy atom. The Bertz CT molecular complexity index is 1180. The molecule has 1 aliphatic rings. The van der Waals surface area contributed by atoms with Gasteiger partial charge in [0, 0.05) is 38.3 Å². The zero-order valence-corrected chi connectivity index (χ0v) is 21.5. The van der Waals surface area contributed by atoms with Crippen LogP contribution in [-0.4, -0.2) is 68.4 Å². The number of para-hydroxylation sites is 1. The molecule has 0 bridgehead atoms. The lowest BCUT2D eigenvalue weighted by atomic mass is 10.1. The molecule has 0 spiro atoms. The third-order valence-corrected chi connectivity index (χ3v) is 6.51. The van der Waals surface area contributed by atoms with Crippen LogP contribution in [-0.2, 0) is 13.2 Å². The second kappa shape index (κ2) is 11.3. The molecule has 4 rings (SSSR count). The Kier molecular flexibility index (Phi) is 8.00. The Morgan fingerprint density at radius 3 is 2.28 bits per heavy atom. The predicted molar refractivity (Wildman–Crippen MR) is 134 cm³/mol. The molecule has 3 aromatic rings. The van der Waals surface area contributed by atoms with Gasteiger partial charge in [-0.2, -0.15) is 0 Å². The number of aromatic nitrogens is 1. The van der Waals surface area contributed by atoms with E-state index < -0.39 is 0 Å². The normalized spacial score (nSPS) is 14.0. The van der Waals surface area contributed by atoms with Crippen LogP contribution in [0.4, 0.5) is 0 Å². The molecule has 9 nitrogen and oxygen atoms in total. The minimum atomic E-state index is -0.0345. The third kappa shape index (κ3) is 5.26. The highest BCUT2D eigenvalue weighted by atomic mass is 16.5. The minimum absolute atomic E-state index is 0.0345. The quantitative estimate of drug-likeness (QED) is 0.443. The molecule has 36 heavy (non-hydrogen) atoms. The number of benzene rings is 2. The van der Waals surface area contributed by atoms with Gasteiger partial charge in [0.2, 0.25) is 5.75 Å². The van der Waals surface area contributed by atoms with Gasteiger partial charge in [-0.3, -0.25) is 9.69 Å². The number of methoxy groups -OCH3 is 3. The summed E-state index contributed by atoms with van der Waals surface area (Å²) < 4.78 is 27.8. The molecule has 2 heterocycles. The molecule has 0 unspecified atom stereocenters. The van der Waals surface area contributed by atoms with Gasteiger partial charge in [-0.1, -0.05) is 23.4 Å². The van der Waals surface area contributed by atoms with Gasteiger partial charge < -0.3 is 28.4 Å². The molecule has 1 amide bonds. The Balaban J connectivity index is 1.40. The average Bonchev–Trinajstić information content (AvgIpc) is 3.23. The fourth-order valence-electron chi connectivity index (χ4n) is 4.44. The Morgan fingerprint density at radius 2 is 1.64 bits per heavy atom. The number of hydrogen-bond acceptors (Lipinski definition) is 8. The van der Waals surface area contributed by atoms with Crippen LogP contribution in [0.15, 0.2) is 40.9 Å². The van der Waals surface area contributed by atoms with E-state index >= 15 is 0 Å². The van der Waals surface area contributed by atoms with Gasteiger partial charge in [0.25, 0.3) is 5.91 Å². The maximum absolute atomic E-state index is 13.4. The fraction of sp³-hybridized carbons (Fsp3) is 0.407. The molecule has 1 aliphatic heterocycles. The number of ether oxygens (including phenoxy) is 4. The summed E-state index contributed by atoms with van der Waals surface area (Å²) in [7, 11) is 4.83. The van der Waals surface area contributed by atoms with Crippen molar-refractivity contribution in [3.8, 4) is 23.0 Å². The summed E-state index contributed by atoms with van der Waals surface area (Å²) in [6.45, 7) is 7.43. The molecule has 0 atom stereocenters. The minimum Gasteiger partial charge on any atom is -0.493 e. The highest BCUT2D eigenvalue weighted by molar-refractivity contribution is 5.97. The lowest BCUT2D eigenvalue weighted by molar-refractivity contribution is 0.0622. The van der Waals surface area contributed by atoms with Gasteiger partial charge in [-0.15, -0.1) is 0 Å². The van der Waals surface area contributed by atoms with Gasteiger partial charge in [0.1, 0.15) is 18.1 Å². The monoisotopic (exact) mass is 495 g/mol. The van der Waals surface area contributed by atoms with Crippen LogP contribution < -0.4 is 18.9 Å². The summed E-state index contributed by atoms with van der Waals surface area (Å²) >= 11 is 0. The Labute approximate surface area is 211 Å². The highest BCUT2D eigenvalue weighted by Gasteiger charge is 2.26. The molecule has 0 aliphatic carbocycles. The summed E-state index contributed by atoms with van der Waals surface area (Å²) in [5, 5.41) is 3.97. The van der Waals surface area contributed by atoms with E-state index in [2.05, 4.69) is 10.1 Å². The van der Waals surface area contributed by atoms with E-state index in [0.29, 0.717) is 54.8 Å². The van der Waals surface area contributed by atoms with Crippen LogP contribution in [0.5, 0.6) is 23.0 Å². The number of piperazine rings is 1. The fourth-order valence-corrected chi connectivity index (χ4v) is 4.44. The number of carbonyl (C=O) groups is 1. The van der Waals surface area contributed by atoms with Gasteiger partial charge in [-0.05, 0) is 32.0 Å². The average molecular weight is 496 g/mol. The summed E-state index contributed by atoms with van der Waals surface area (Å²) in [5.41, 5.74) is 3.25. The standard InChI is InChI=1S/C27H33N3O6/c1-18-22(19(2)36-28-18)17-35-23-9-7-6-8-21(23)27(31)30-14-12-29(13-15-30)16-20-10-11-24(32-3)26(34-5)25(20)33-4/h6-11H,12-17H2,1-5H3. The van der Waals surface area contributed by atoms with Crippen LogP contribution in [0.1, 0.15) is 32.9 Å². The van der Waals surface area contributed by atoms with E-state index in [9.17, 15) is 4.79 Å². The largest absolute Gasteiger partial charge is 0.493 e. The first-order chi connectivity index (χ1) is 17.5. The van der Waals surface area contributed by atoms with E-state index in [0.717, 1.165) is 35.7 Å². The van der Waals surface area contributed by atoms with Crippen LogP contribution in [0, 0.1) is 13.8 Å². The first kappa shape index (κ1) is 25.4. The molecule has 192 valence electrons. The van der Waals surface area contributed by atoms with E-state index in [1.807, 2.05) is 55.1 Å². The summed E-state index contributed by atoms with van der Waals surface area (Å²) in [5.74, 6) is 3.12. The molecule has 0 N–H and O–H groups in total. The van der Waals surface area contributed by atoms with Crippen molar-refractivity contribution in [2.75, 3.05) is 47.5 Å². The van der Waals surface area contributed by atoms with Gasteiger partial charge in [0.05, 0.1) is 38.2 Å². The molecule has 1 saturated heterocycles. The van der Waals surface area contributed by atoms with Crippen LogP contribution in [0.25, 0.3) is 0 Å². The lowest BCUT2D eigenvalue weighted by Gasteiger charge is -2.35. The van der Waals surface area contributed by atoms with Gasteiger partial charge in [0.15, 0.2) is 11.5 Å². The van der Waals surface area contributed by atoms with Crippen molar-refractivity contribution < 1.29 is 28.3 Å². The van der Waals surface area contributed by atoms with Crippen molar-refractivity contribution in [1.29, 1.82) is 0 Å². The van der Waals surface area contributed by atoms with Crippen molar-refractivity contribution in [3.63, 3.8) is 0 Å². The SMILES string of the molecule is COc1ccc(CN2CCN(C(=O)c3ccccc3OCc3c(C)noc3C)CC2)c(OC)c1OC. The number of hydrogen-bond donors (Lipinski definition) is 0. The van der Waals surface area contributed by atoms with E-state index in [4.69, 9.17) is 23.5 Å². The maximum Gasteiger partial charge on any atom is 0.257 e. The second-order valence-corrected chi connectivity index (χ2v) is 8.65. The third-order valence-electron chi connectivity index (χ3n) is 6.51. The number of nitrogens with zero attached hydrogens (tertiary/aromatic N) is 3. The summed E-state index contributed by atoms with van der Waals surface area (Å²) in [4.78, 5) is 17.6. The molecule has 1 aromatic heterocycles. The smallest absolute Gasteiger partial charge is 0.257 e. The summed E-state index contributed by atoms with van der Waals surface area (Å²) in [6, 6.07) is 11.2. The number of aryl methyl sites for hydroxylation is 2. The summed E-state index contributed by atoms with van der Waals surface area (Å²) in [6.07, 6.45) is 0. The molecule has 1 fully saturated rings. The van der Waals surface area contributed by atoms with Crippen molar-refractivity contribution in [2.45, 2.75) is 27.0 Å². The van der Waals surface area contributed by atoms with E-state index in [1.165, 1.54) is 0 Å². The van der Waals surface area contributed by atoms with Crippen LogP contribution in [0.3, 0.4) is 0 Å². The lowest BCUT2D eigenvalue weighted by Crippen LogP contribution is -2.48. The zero-order valence-electron chi connectivity index (χ0n) is 21.5. The first-order valence-corrected chi connectivity index (χ1v) is 11.9. The molecule has 0 saturated carbocycles. The second-order valence-electron chi connectivity index (χ2n) is 8.65. The topological polar surface area (TPSA) is 86.5 Å². The number of carbonyl (C=O) groups excluding carboxylic acids is 1. The van der Waals surface area contributed by atoms with Gasteiger partial charge in [-0.25, -0.2) is 0 Å². The van der Waals surface area contributed by atoms with Crippen molar-refractivity contribution >= 4 is 5.91 Å². The first-order valence-electron chi connectivity index (χ1n) is 11.9. The maximum atomic E-state index is 13.4. The van der Waals surface area contributed by atoms with Crippen molar-refractivity contribution in [3.05, 3.63) is 64.5 Å². The van der Waals surface area contributed by atoms with Crippen LogP contribution >= 0.6 is 0 Å². The molecule has 2 aromatic carbocycles. The van der Waals surface area contributed by atoms with Crippen molar-refractivity contribution in [1.82, 2.24) is 15.0 Å². The van der Waals surface area contributed by atoms with Crippen LogP contribution in [0.2, 0.25) is 0 Å². The van der Waals surface area contributed by atoms with Crippen molar-refractivity contribution in [2.24, 2.45) is 0 Å². The van der Waals surface area contributed by atoms with Gasteiger partial charge >= 0.3 is 0 Å². The van der Waals surface area contributed by atoms with E-state index in [1.54, 1.807) is 21.3 Å². The Hall–Kier alpha value is -3.72. The molecule has 0 radical (unpaired) electrons. The zero-order chi connectivity index (χ0) is 25.7. The number of amides is 1. The molecular weight excluding hydrogens is 462 g/mol. The molecular formula is C27H33N3O6. The number of rotatable bonds is 9. The predicted octanol–water partition coefficient (Wildman–Crippen LogP) is 3.85. The highest BCUT2D eigenvalue weighted by Crippen LogP contribution is 2.40. The molecule has 9 heteroatoms.